The fourth-order valence-electron chi connectivity index (χ4n) is 3.57. The average molecular weight is 392 g/mol. The molecule has 29 heavy (non-hydrogen) atoms. The van der Waals surface area contributed by atoms with Crippen LogP contribution < -0.4 is 15.6 Å². The van der Waals surface area contributed by atoms with Gasteiger partial charge in [0.15, 0.2) is 5.69 Å². The van der Waals surface area contributed by atoms with Gasteiger partial charge in [-0.2, -0.15) is 5.10 Å². The molecule has 1 saturated heterocycles. The smallest absolute Gasteiger partial charge is 0.276 e. The van der Waals surface area contributed by atoms with E-state index in [2.05, 4.69) is 22.4 Å². The molecule has 2 aromatic carbocycles. The highest BCUT2D eigenvalue weighted by atomic mass is 16.5. The summed E-state index contributed by atoms with van der Waals surface area (Å²) in [4.78, 5) is 27.3. The van der Waals surface area contributed by atoms with Crippen molar-refractivity contribution in [3.63, 3.8) is 0 Å². The molecule has 0 radical (unpaired) electrons. The van der Waals surface area contributed by atoms with Crippen LogP contribution in [0.1, 0.15) is 23.3 Å². The molecule has 3 aromatic rings. The molecule has 1 amide bonds. The molecular weight excluding hydrogens is 368 g/mol. The second-order valence-electron chi connectivity index (χ2n) is 7.42. The number of anilines is 1. The Hall–Kier alpha value is -3.19. The number of piperidine rings is 1. The first-order chi connectivity index (χ1) is 14.0. The first-order valence-corrected chi connectivity index (χ1v) is 9.74. The Bertz CT molecular complexity index is 1080. The molecule has 1 aliphatic heterocycles. The molecule has 1 N–H and O–H groups in total. The van der Waals surface area contributed by atoms with E-state index in [-0.39, 0.29) is 23.3 Å². The third-order valence-electron chi connectivity index (χ3n) is 5.25. The molecule has 0 aliphatic carbocycles. The number of hydrogen-bond acceptors (Lipinski definition) is 5. The topological polar surface area (TPSA) is 76.5 Å². The summed E-state index contributed by atoms with van der Waals surface area (Å²) in [6.07, 6.45) is 2.26. The lowest BCUT2D eigenvalue weighted by Gasteiger charge is -2.29. The maximum absolute atomic E-state index is 12.8. The highest BCUT2D eigenvalue weighted by Crippen LogP contribution is 2.21. The summed E-state index contributed by atoms with van der Waals surface area (Å²) < 4.78 is 7.24. The number of aryl methyl sites for hydroxylation is 1. The Morgan fingerprint density at radius 1 is 1.03 bits per heavy atom. The number of hydrogen-bond donors (Lipinski definition) is 1. The summed E-state index contributed by atoms with van der Waals surface area (Å²) in [6, 6.07) is 14.3. The van der Waals surface area contributed by atoms with Gasteiger partial charge in [-0.25, -0.2) is 4.68 Å². The van der Waals surface area contributed by atoms with Crippen LogP contribution in [-0.2, 0) is 7.05 Å². The number of likely N-dealkylation sites (tertiary alicyclic amines) is 1. The Kier molecular flexibility index (Phi) is 5.31. The SMILES string of the molecule is CN1CCC(Oc2ccc(NC(=O)c3nn(C)c(=O)c4ccccc34)cc2)CC1. The van der Waals surface area contributed by atoms with Crippen LogP contribution in [0.15, 0.2) is 53.3 Å². The second kappa shape index (κ2) is 8.05. The van der Waals surface area contributed by atoms with E-state index in [1.165, 1.54) is 4.68 Å². The third kappa shape index (κ3) is 4.14. The fraction of sp³-hybridized carbons (Fsp3) is 0.318. The van der Waals surface area contributed by atoms with E-state index in [1.54, 1.807) is 31.3 Å². The third-order valence-corrected chi connectivity index (χ3v) is 5.25. The van der Waals surface area contributed by atoms with E-state index >= 15 is 0 Å². The van der Waals surface area contributed by atoms with E-state index in [1.807, 2.05) is 24.3 Å². The normalized spacial score (nSPS) is 15.4. The van der Waals surface area contributed by atoms with Gasteiger partial charge in [0, 0.05) is 31.2 Å². The van der Waals surface area contributed by atoms with E-state index < -0.39 is 0 Å². The van der Waals surface area contributed by atoms with Crippen molar-refractivity contribution in [1.29, 1.82) is 0 Å². The van der Waals surface area contributed by atoms with Gasteiger partial charge in [0.2, 0.25) is 0 Å². The minimum Gasteiger partial charge on any atom is -0.490 e. The molecule has 0 atom stereocenters. The van der Waals surface area contributed by atoms with Crippen molar-refractivity contribution in [2.45, 2.75) is 18.9 Å². The summed E-state index contributed by atoms with van der Waals surface area (Å²) >= 11 is 0. The number of ether oxygens (including phenoxy) is 1. The fourth-order valence-corrected chi connectivity index (χ4v) is 3.57. The summed E-state index contributed by atoms with van der Waals surface area (Å²) in [5.74, 6) is 0.434. The summed E-state index contributed by atoms with van der Waals surface area (Å²) in [5.41, 5.74) is 0.632. The van der Waals surface area contributed by atoms with Crippen molar-refractivity contribution in [3.05, 3.63) is 64.6 Å². The highest BCUT2D eigenvalue weighted by molar-refractivity contribution is 6.11. The zero-order valence-corrected chi connectivity index (χ0v) is 16.6. The van der Waals surface area contributed by atoms with Crippen molar-refractivity contribution in [3.8, 4) is 5.75 Å². The maximum atomic E-state index is 12.8. The Morgan fingerprint density at radius 3 is 2.38 bits per heavy atom. The maximum Gasteiger partial charge on any atom is 0.276 e. The van der Waals surface area contributed by atoms with E-state index in [4.69, 9.17) is 4.74 Å². The van der Waals surface area contributed by atoms with Crippen LogP contribution in [0.4, 0.5) is 5.69 Å². The molecule has 0 bridgehead atoms. The van der Waals surface area contributed by atoms with Crippen LogP contribution in [0.3, 0.4) is 0 Å². The summed E-state index contributed by atoms with van der Waals surface area (Å²) in [6.45, 7) is 2.08. The Morgan fingerprint density at radius 2 is 1.69 bits per heavy atom. The van der Waals surface area contributed by atoms with Gasteiger partial charge in [0.25, 0.3) is 11.5 Å². The first kappa shape index (κ1) is 19.1. The predicted octanol–water partition coefficient (Wildman–Crippen LogP) is 2.66. The standard InChI is InChI=1S/C22H24N4O3/c1-25-13-11-17(12-14-25)29-16-9-7-15(8-10-16)23-21(27)20-18-5-3-4-6-19(18)22(28)26(2)24-20/h3-10,17H,11-14H2,1-2H3,(H,23,27). The Labute approximate surface area is 168 Å². The van der Waals surface area contributed by atoms with Crippen LogP contribution >= 0.6 is 0 Å². The average Bonchev–Trinajstić information content (AvgIpc) is 2.74. The molecule has 7 heteroatoms. The van der Waals surface area contributed by atoms with Crippen LogP contribution in [0.5, 0.6) is 5.75 Å². The number of nitrogens with zero attached hydrogens (tertiary/aromatic N) is 3. The number of aromatic nitrogens is 2. The lowest BCUT2D eigenvalue weighted by atomic mass is 10.1. The minimum absolute atomic E-state index is 0.217. The Balaban J connectivity index is 1.49. The first-order valence-electron chi connectivity index (χ1n) is 9.74. The van der Waals surface area contributed by atoms with Crippen molar-refractivity contribution >= 4 is 22.4 Å². The number of amides is 1. The number of carbonyl (C=O) groups excluding carboxylic acids is 1. The number of fused-ring (bicyclic) bond motifs is 1. The molecule has 0 saturated carbocycles. The largest absolute Gasteiger partial charge is 0.490 e. The van der Waals surface area contributed by atoms with Crippen LogP contribution in [-0.4, -0.2) is 46.8 Å². The van der Waals surface area contributed by atoms with Gasteiger partial charge in [0.05, 0.1) is 5.39 Å². The van der Waals surface area contributed by atoms with Gasteiger partial charge < -0.3 is 15.0 Å². The zero-order valence-electron chi connectivity index (χ0n) is 16.6. The van der Waals surface area contributed by atoms with Gasteiger partial charge >= 0.3 is 0 Å². The molecule has 4 rings (SSSR count). The number of nitrogens with one attached hydrogen (secondary N) is 1. The van der Waals surface area contributed by atoms with Gasteiger partial charge in [-0.05, 0) is 50.2 Å². The molecule has 7 nitrogen and oxygen atoms in total. The molecular formula is C22H24N4O3. The van der Waals surface area contributed by atoms with Crippen molar-refractivity contribution in [2.24, 2.45) is 7.05 Å². The summed E-state index contributed by atoms with van der Waals surface area (Å²) in [5, 5.41) is 8.02. The van der Waals surface area contributed by atoms with Crippen LogP contribution in [0.2, 0.25) is 0 Å². The molecule has 2 heterocycles. The van der Waals surface area contributed by atoms with Crippen LogP contribution in [0.25, 0.3) is 10.8 Å². The quantitative estimate of drug-likeness (QED) is 0.739. The second-order valence-corrected chi connectivity index (χ2v) is 7.42. The van der Waals surface area contributed by atoms with Gasteiger partial charge in [-0.15, -0.1) is 0 Å². The molecule has 0 unspecified atom stereocenters. The zero-order chi connectivity index (χ0) is 20.4. The van der Waals surface area contributed by atoms with E-state index in [9.17, 15) is 9.59 Å². The number of benzene rings is 2. The van der Waals surface area contributed by atoms with Crippen molar-refractivity contribution < 1.29 is 9.53 Å². The van der Waals surface area contributed by atoms with Crippen LogP contribution in [0, 0.1) is 0 Å². The van der Waals surface area contributed by atoms with Gasteiger partial charge in [0.1, 0.15) is 11.9 Å². The van der Waals surface area contributed by atoms with Gasteiger partial charge in [-0.3, -0.25) is 9.59 Å². The molecule has 1 aliphatic rings. The number of carbonyl (C=O) groups is 1. The van der Waals surface area contributed by atoms with E-state index in [0.29, 0.717) is 16.5 Å². The molecule has 1 aromatic heterocycles. The molecule has 0 spiro atoms. The minimum atomic E-state index is -0.360. The lowest BCUT2D eigenvalue weighted by molar-refractivity contribution is 0.102. The summed E-state index contributed by atoms with van der Waals surface area (Å²) in [7, 11) is 3.66. The lowest BCUT2D eigenvalue weighted by Crippen LogP contribution is -2.35. The highest BCUT2D eigenvalue weighted by Gasteiger charge is 2.18. The molecule has 1 fully saturated rings. The van der Waals surface area contributed by atoms with E-state index in [0.717, 1.165) is 31.7 Å². The predicted molar refractivity (Wildman–Crippen MR) is 113 cm³/mol. The monoisotopic (exact) mass is 392 g/mol. The number of rotatable bonds is 4. The van der Waals surface area contributed by atoms with Gasteiger partial charge in [-0.1, -0.05) is 18.2 Å². The molecule has 150 valence electrons. The van der Waals surface area contributed by atoms with Crippen molar-refractivity contribution in [1.82, 2.24) is 14.7 Å². The van der Waals surface area contributed by atoms with Crippen molar-refractivity contribution in [2.75, 3.05) is 25.5 Å².